The van der Waals surface area contributed by atoms with Gasteiger partial charge in [0.05, 0.1) is 22.5 Å². The van der Waals surface area contributed by atoms with Gasteiger partial charge in [-0.3, -0.25) is 4.68 Å². The lowest BCUT2D eigenvalue weighted by Crippen LogP contribution is -2.53. The average molecular weight is 302 g/mol. The minimum Gasteiger partial charge on any atom is -0.394 e. The van der Waals surface area contributed by atoms with Gasteiger partial charge in [0, 0.05) is 19.1 Å². The highest BCUT2D eigenvalue weighted by Crippen LogP contribution is 2.32. The van der Waals surface area contributed by atoms with E-state index in [4.69, 9.17) is 0 Å². The maximum absolute atomic E-state index is 9.41. The Morgan fingerprint density at radius 2 is 2.24 bits per heavy atom. The quantitative estimate of drug-likeness (QED) is 0.871. The molecule has 5 heteroatoms. The predicted molar refractivity (Wildman–Crippen MR) is 70.8 cm³/mol. The highest BCUT2D eigenvalue weighted by Gasteiger charge is 2.35. The average Bonchev–Trinajstić information content (AvgIpc) is 2.54. The smallest absolute Gasteiger partial charge is 0.0767 e. The topological polar surface area (TPSA) is 50.1 Å². The molecule has 1 aliphatic carbocycles. The fourth-order valence-corrected chi connectivity index (χ4v) is 3.03. The minimum atomic E-state index is -0.0455. The first-order chi connectivity index (χ1) is 8.12. The molecule has 1 aliphatic rings. The van der Waals surface area contributed by atoms with Crippen molar-refractivity contribution in [3.8, 4) is 0 Å². The number of aliphatic hydroxyl groups is 1. The van der Waals surface area contributed by atoms with E-state index < -0.39 is 0 Å². The van der Waals surface area contributed by atoms with Gasteiger partial charge in [-0.05, 0) is 41.6 Å². The fraction of sp³-hybridized carbons (Fsp3) is 0.750. The summed E-state index contributed by atoms with van der Waals surface area (Å²) in [6.07, 6.45) is 4.28. The maximum Gasteiger partial charge on any atom is 0.0767 e. The monoisotopic (exact) mass is 301 g/mol. The maximum atomic E-state index is 9.41. The van der Waals surface area contributed by atoms with E-state index in [1.54, 1.807) is 0 Å². The lowest BCUT2D eigenvalue weighted by Gasteiger charge is -2.41. The van der Waals surface area contributed by atoms with Gasteiger partial charge < -0.3 is 10.4 Å². The third-order valence-electron chi connectivity index (χ3n) is 3.75. The molecule has 4 nitrogen and oxygen atoms in total. The number of aromatic nitrogens is 2. The fourth-order valence-electron chi connectivity index (χ4n) is 2.28. The normalized spacial score (nSPS) is 18.1. The van der Waals surface area contributed by atoms with Crippen LogP contribution in [0.25, 0.3) is 0 Å². The first kappa shape index (κ1) is 13.1. The predicted octanol–water partition coefficient (Wildman–Crippen LogP) is 1.75. The van der Waals surface area contributed by atoms with E-state index >= 15 is 0 Å². The highest BCUT2D eigenvalue weighted by molar-refractivity contribution is 9.10. The van der Waals surface area contributed by atoms with Crippen LogP contribution in [0.5, 0.6) is 0 Å². The number of nitrogens with zero attached hydrogens (tertiary/aromatic N) is 2. The molecule has 17 heavy (non-hydrogen) atoms. The molecule has 1 aromatic heterocycles. The number of hydrogen-bond donors (Lipinski definition) is 2. The van der Waals surface area contributed by atoms with Crippen LogP contribution in [0.4, 0.5) is 0 Å². The summed E-state index contributed by atoms with van der Waals surface area (Å²) >= 11 is 3.61. The zero-order chi connectivity index (χ0) is 12.5. The number of hydrogen-bond acceptors (Lipinski definition) is 3. The molecule has 2 rings (SSSR count). The molecule has 0 radical (unpaired) electrons. The van der Waals surface area contributed by atoms with Gasteiger partial charge in [0.1, 0.15) is 0 Å². The van der Waals surface area contributed by atoms with Crippen molar-refractivity contribution in [3.63, 3.8) is 0 Å². The van der Waals surface area contributed by atoms with Crippen LogP contribution >= 0.6 is 15.9 Å². The van der Waals surface area contributed by atoms with Crippen molar-refractivity contribution in [2.75, 3.05) is 6.61 Å². The number of nitrogens with one attached hydrogen (secondary N) is 1. The van der Waals surface area contributed by atoms with Gasteiger partial charge >= 0.3 is 0 Å². The molecule has 0 bridgehead atoms. The van der Waals surface area contributed by atoms with E-state index in [1.807, 2.05) is 11.7 Å². The Balaban J connectivity index is 2.06. The van der Waals surface area contributed by atoms with Crippen LogP contribution in [0.15, 0.2) is 4.47 Å². The van der Waals surface area contributed by atoms with Crippen LogP contribution in [-0.4, -0.2) is 27.0 Å². The van der Waals surface area contributed by atoms with Gasteiger partial charge in [-0.2, -0.15) is 5.10 Å². The standard InChI is InChI=1S/C12H20BrN3O/c1-3-9-11(13)10(16(2)15-9)7-14-12(8-17)5-4-6-12/h14,17H,3-8H2,1-2H3. The van der Waals surface area contributed by atoms with Crippen molar-refractivity contribution in [1.82, 2.24) is 15.1 Å². The Morgan fingerprint density at radius 1 is 1.53 bits per heavy atom. The summed E-state index contributed by atoms with van der Waals surface area (Å²) in [5.74, 6) is 0. The third-order valence-corrected chi connectivity index (χ3v) is 4.66. The molecule has 1 heterocycles. The van der Waals surface area contributed by atoms with Crippen LogP contribution in [0.3, 0.4) is 0 Å². The molecular weight excluding hydrogens is 282 g/mol. The molecule has 96 valence electrons. The number of aryl methyl sites for hydroxylation is 2. The summed E-state index contributed by atoms with van der Waals surface area (Å²) in [7, 11) is 1.97. The summed E-state index contributed by atoms with van der Waals surface area (Å²) < 4.78 is 3.02. The molecule has 0 atom stereocenters. The van der Waals surface area contributed by atoms with Crippen molar-refractivity contribution in [3.05, 3.63) is 15.9 Å². The summed E-state index contributed by atoms with van der Waals surface area (Å²) in [5, 5.41) is 17.4. The van der Waals surface area contributed by atoms with Crippen LogP contribution in [0, 0.1) is 0 Å². The molecule has 0 unspecified atom stereocenters. The second kappa shape index (κ2) is 5.08. The molecule has 1 fully saturated rings. The van der Waals surface area contributed by atoms with E-state index in [9.17, 15) is 5.11 Å². The van der Waals surface area contributed by atoms with E-state index in [-0.39, 0.29) is 12.1 Å². The van der Waals surface area contributed by atoms with Crippen molar-refractivity contribution in [2.24, 2.45) is 7.05 Å². The molecule has 0 aliphatic heterocycles. The SMILES string of the molecule is CCc1nn(C)c(CNC2(CO)CCC2)c1Br. The summed E-state index contributed by atoms with van der Waals surface area (Å²) in [5.41, 5.74) is 2.20. The van der Waals surface area contributed by atoms with Gasteiger partial charge in [0.2, 0.25) is 0 Å². The lowest BCUT2D eigenvalue weighted by atomic mass is 9.77. The van der Waals surface area contributed by atoms with Crippen LogP contribution in [0.1, 0.15) is 37.6 Å². The lowest BCUT2D eigenvalue weighted by molar-refractivity contribution is 0.0865. The largest absolute Gasteiger partial charge is 0.394 e. The first-order valence-corrected chi connectivity index (χ1v) is 6.97. The Bertz CT molecular complexity index is 393. The van der Waals surface area contributed by atoms with E-state index in [1.165, 1.54) is 6.42 Å². The summed E-state index contributed by atoms with van der Waals surface area (Å²) in [6.45, 7) is 3.08. The van der Waals surface area contributed by atoms with Gasteiger partial charge in [0.15, 0.2) is 0 Å². The third kappa shape index (κ3) is 2.41. The van der Waals surface area contributed by atoms with Gasteiger partial charge in [-0.25, -0.2) is 0 Å². The Labute approximate surface area is 111 Å². The van der Waals surface area contributed by atoms with Crippen molar-refractivity contribution < 1.29 is 5.11 Å². The zero-order valence-electron chi connectivity index (χ0n) is 10.5. The number of rotatable bonds is 5. The van der Waals surface area contributed by atoms with Gasteiger partial charge in [-0.1, -0.05) is 6.92 Å². The second-order valence-corrected chi connectivity index (χ2v) is 5.62. The molecule has 0 amide bonds. The van der Waals surface area contributed by atoms with Crippen molar-refractivity contribution >= 4 is 15.9 Å². The minimum absolute atomic E-state index is 0.0455. The van der Waals surface area contributed by atoms with E-state index in [0.29, 0.717) is 0 Å². The second-order valence-electron chi connectivity index (χ2n) is 4.83. The van der Waals surface area contributed by atoms with E-state index in [2.05, 4.69) is 33.3 Å². The Hall–Kier alpha value is -0.390. The van der Waals surface area contributed by atoms with Crippen LogP contribution < -0.4 is 5.32 Å². The van der Waals surface area contributed by atoms with Gasteiger partial charge in [-0.15, -0.1) is 0 Å². The van der Waals surface area contributed by atoms with Crippen molar-refractivity contribution in [1.29, 1.82) is 0 Å². The van der Waals surface area contributed by atoms with Crippen LogP contribution in [0.2, 0.25) is 0 Å². The van der Waals surface area contributed by atoms with Crippen molar-refractivity contribution in [2.45, 2.75) is 44.7 Å². The molecule has 1 saturated carbocycles. The summed E-state index contributed by atoms with van der Waals surface area (Å²) in [4.78, 5) is 0. The Kier molecular flexibility index (Phi) is 3.90. The number of aliphatic hydroxyl groups excluding tert-OH is 1. The molecule has 0 aromatic carbocycles. The molecular formula is C12H20BrN3O. The molecule has 0 spiro atoms. The van der Waals surface area contributed by atoms with Gasteiger partial charge in [0.25, 0.3) is 0 Å². The molecule has 2 N–H and O–H groups in total. The van der Waals surface area contributed by atoms with E-state index in [0.717, 1.165) is 41.7 Å². The zero-order valence-corrected chi connectivity index (χ0v) is 12.0. The first-order valence-electron chi connectivity index (χ1n) is 6.18. The Morgan fingerprint density at radius 3 is 2.65 bits per heavy atom. The summed E-state index contributed by atoms with van der Waals surface area (Å²) in [6, 6.07) is 0. The van der Waals surface area contributed by atoms with Crippen LogP contribution in [-0.2, 0) is 20.0 Å². The molecule has 1 aromatic rings. The number of halogens is 1. The highest BCUT2D eigenvalue weighted by atomic mass is 79.9. The molecule has 0 saturated heterocycles.